The van der Waals surface area contributed by atoms with Crippen LogP contribution in [-0.2, 0) is 5.75 Å². The molecule has 5 heteroatoms. The van der Waals surface area contributed by atoms with Crippen LogP contribution in [0.4, 0.5) is 0 Å². The number of pyridine rings is 1. The van der Waals surface area contributed by atoms with Crippen molar-refractivity contribution in [3.8, 4) is 0 Å². The van der Waals surface area contributed by atoms with Crippen LogP contribution >= 0.6 is 35.0 Å². The van der Waals surface area contributed by atoms with E-state index in [1.54, 1.807) is 18.3 Å². The molecule has 0 atom stereocenters. The summed E-state index contributed by atoms with van der Waals surface area (Å²) >= 11 is 13.3. The molecular formula is C12H10Cl2NOS+. The summed E-state index contributed by atoms with van der Waals surface area (Å²) in [6.45, 7) is 0. The summed E-state index contributed by atoms with van der Waals surface area (Å²) in [5.41, 5.74) is 1.06. The molecule has 0 aliphatic rings. The van der Waals surface area contributed by atoms with Crippen molar-refractivity contribution in [2.75, 3.05) is 0 Å². The standard InChI is InChI=1S/C12H10Cl2NOS/c13-10-5-4-9(7-11(10)14)8-17-12-3-1-2-6-15(12)16/h1-7,16H,8H2/q+1. The minimum Gasteiger partial charge on any atom is -0.284 e. The zero-order valence-corrected chi connectivity index (χ0v) is 11.1. The summed E-state index contributed by atoms with van der Waals surface area (Å²) in [5.74, 6) is 0.724. The van der Waals surface area contributed by atoms with Crippen LogP contribution in [0.25, 0.3) is 0 Å². The molecule has 0 aliphatic carbocycles. The Balaban J connectivity index is 2.08. The first-order chi connectivity index (χ1) is 8.16. The summed E-state index contributed by atoms with van der Waals surface area (Å²) < 4.78 is 1.10. The number of hydrogen-bond donors (Lipinski definition) is 1. The van der Waals surface area contributed by atoms with E-state index in [2.05, 4.69) is 0 Å². The minimum absolute atomic E-state index is 0.551. The van der Waals surface area contributed by atoms with E-state index in [0.717, 1.165) is 21.1 Å². The highest BCUT2D eigenvalue weighted by atomic mass is 35.5. The maximum absolute atomic E-state index is 9.54. The van der Waals surface area contributed by atoms with Gasteiger partial charge in [-0.1, -0.05) is 29.3 Å². The number of thioether (sulfide) groups is 1. The third-order valence-electron chi connectivity index (χ3n) is 2.17. The zero-order valence-electron chi connectivity index (χ0n) is 8.81. The molecular weight excluding hydrogens is 277 g/mol. The summed E-state index contributed by atoms with van der Waals surface area (Å²) in [6.07, 6.45) is 1.59. The lowest BCUT2D eigenvalue weighted by atomic mass is 10.2. The van der Waals surface area contributed by atoms with Crippen LogP contribution in [0.5, 0.6) is 0 Å². The fraction of sp³-hybridized carbons (Fsp3) is 0.0833. The Labute approximate surface area is 114 Å². The van der Waals surface area contributed by atoms with Gasteiger partial charge in [0.15, 0.2) is 0 Å². The first-order valence-electron chi connectivity index (χ1n) is 4.93. The lowest BCUT2D eigenvalue weighted by Crippen LogP contribution is -2.31. The van der Waals surface area contributed by atoms with Crippen LogP contribution in [0.3, 0.4) is 0 Å². The van der Waals surface area contributed by atoms with Gasteiger partial charge in [0.2, 0.25) is 6.20 Å². The Hall–Kier alpha value is -0.900. The molecule has 2 rings (SSSR count). The van der Waals surface area contributed by atoms with Gasteiger partial charge in [-0.2, -0.15) is 0 Å². The third kappa shape index (κ3) is 3.28. The molecule has 0 amide bonds. The SMILES string of the molecule is O[n+]1ccccc1SCc1ccc(Cl)c(Cl)c1. The van der Waals surface area contributed by atoms with Crippen molar-refractivity contribution in [1.82, 2.24) is 0 Å². The number of nitrogens with zero attached hydrogens (tertiary/aromatic N) is 1. The van der Waals surface area contributed by atoms with Gasteiger partial charge in [-0.25, -0.2) is 0 Å². The Morgan fingerprint density at radius 1 is 1.12 bits per heavy atom. The lowest BCUT2D eigenvalue weighted by molar-refractivity contribution is -0.932. The highest BCUT2D eigenvalue weighted by Crippen LogP contribution is 2.26. The fourth-order valence-corrected chi connectivity index (χ4v) is 2.50. The van der Waals surface area contributed by atoms with Gasteiger partial charge >= 0.3 is 0 Å². The summed E-state index contributed by atoms with van der Waals surface area (Å²) in [5, 5.41) is 11.4. The quantitative estimate of drug-likeness (QED) is 0.527. The van der Waals surface area contributed by atoms with Gasteiger partial charge < -0.3 is 0 Å². The second-order valence-corrected chi connectivity index (χ2v) is 5.23. The maximum Gasteiger partial charge on any atom is 0.291 e. The van der Waals surface area contributed by atoms with Crippen molar-refractivity contribution in [2.45, 2.75) is 10.8 Å². The smallest absolute Gasteiger partial charge is 0.284 e. The van der Waals surface area contributed by atoms with Crippen LogP contribution in [-0.4, -0.2) is 5.21 Å². The van der Waals surface area contributed by atoms with Gasteiger partial charge in [-0.15, -0.1) is 0 Å². The summed E-state index contributed by atoms with van der Waals surface area (Å²) in [4.78, 5) is 0. The fourth-order valence-electron chi connectivity index (χ4n) is 1.32. The average Bonchev–Trinajstić information content (AvgIpc) is 2.32. The van der Waals surface area contributed by atoms with E-state index < -0.39 is 0 Å². The minimum atomic E-state index is 0.551. The van der Waals surface area contributed by atoms with Crippen LogP contribution in [0.15, 0.2) is 47.6 Å². The molecule has 1 N–H and O–H groups in total. The van der Waals surface area contributed by atoms with E-state index in [1.165, 1.54) is 11.8 Å². The van der Waals surface area contributed by atoms with Gasteiger partial charge in [-0.3, -0.25) is 5.21 Å². The molecule has 0 radical (unpaired) electrons. The molecule has 0 bridgehead atoms. The van der Waals surface area contributed by atoms with E-state index in [4.69, 9.17) is 23.2 Å². The van der Waals surface area contributed by atoms with Crippen molar-refractivity contribution < 1.29 is 9.94 Å². The van der Waals surface area contributed by atoms with Crippen molar-refractivity contribution in [3.05, 3.63) is 58.2 Å². The Bertz CT molecular complexity index is 534. The van der Waals surface area contributed by atoms with E-state index in [1.807, 2.05) is 24.3 Å². The molecule has 88 valence electrons. The molecule has 0 aliphatic heterocycles. The van der Waals surface area contributed by atoms with Crippen LogP contribution in [0, 0.1) is 0 Å². The van der Waals surface area contributed by atoms with Gasteiger partial charge in [0.1, 0.15) is 0 Å². The number of benzene rings is 1. The van der Waals surface area contributed by atoms with Gasteiger partial charge in [0.05, 0.1) is 10.0 Å². The topological polar surface area (TPSA) is 24.1 Å². The zero-order chi connectivity index (χ0) is 12.3. The van der Waals surface area contributed by atoms with Gasteiger partial charge in [-0.05, 0) is 35.5 Å². The van der Waals surface area contributed by atoms with Crippen LogP contribution < -0.4 is 4.73 Å². The Morgan fingerprint density at radius 2 is 1.94 bits per heavy atom. The highest BCUT2D eigenvalue weighted by molar-refractivity contribution is 7.98. The first-order valence-corrected chi connectivity index (χ1v) is 6.67. The first kappa shape index (κ1) is 12.6. The van der Waals surface area contributed by atoms with E-state index in [-0.39, 0.29) is 0 Å². The second kappa shape index (κ2) is 5.63. The summed E-state index contributed by atoms with van der Waals surface area (Å²) in [6, 6.07) is 11.0. The number of rotatable bonds is 3. The third-order valence-corrected chi connectivity index (χ3v) is 4.01. The molecule has 17 heavy (non-hydrogen) atoms. The molecule has 1 aromatic carbocycles. The van der Waals surface area contributed by atoms with Crippen LogP contribution in [0.1, 0.15) is 5.56 Å². The number of hydrogen-bond acceptors (Lipinski definition) is 2. The number of halogens is 2. The second-order valence-electron chi connectivity index (χ2n) is 3.42. The van der Waals surface area contributed by atoms with Crippen LogP contribution in [0.2, 0.25) is 10.0 Å². The molecule has 0 spiro atoms. The predicted molar refractivity (Wildman–Crippen MR) is 69.8 cm³/mol. The molecule has 1 aromatic heterocycles. The molecule has 0 saturated carbocycles. The predicted octanol–water partition coefficient (Wildman–Crippen LogP) is 3.81. The lowest BCUT2D eigenvalue weighted by Gasteiger charge is -2.01. The molecule has 1 heterocycles. The van der Waals surface area contributed by atoms with Gasteiger partial charge in [0.25, 0.3) is 5.03 Å². The largest absolute Gasteiger partial charge is 0.291 e. The van der Waals surface area contributed by atoms with Crippen molar-refractivity contribution >= 4 is 35.0 Å². The molecule has 0 fully saturated rings. The summed E-state index contributed by atoms with van der Waals surface area (Å²) in [7, 11) is 0. The van der Waals surface area contributed by atoms with Crippen molar-refractivity contribution in [2.24, 2.45) is 0 Å². The van der Waals surface area contributed by atoms with Crippen molar-refractivity contribution in [3.63, 3.8) is 0 Å². The van der Waals surface area contributed by atoms with Gasteiger partial charge in [0, 0.05) is 22.6 Å². The maximum atomic E-state index is 9.54. The molecule has 0 unspecified atom stereocenters. The molecule has 2 aromatic rings. The number of aromatic nitrogens is 1. The van der Waals surface area contributed by atoms with Crippen molar-refractivity contribution in [1.29, 1.82) is 0 Å². The van der Waals surface area contributed by atoms with E-state index in [9.17, 15) is 5.21 Å². The monoisotopic (exact) mass is 286 g/mol. The normalized spacial score (nSPS) is 10.5. The molecule has 2 nitrogen and oxygen atoms in total. The van der Waals surface area contributed by atoms with E-state index in [0.29, 0.717) is 10.0 Å². The molecule has 0 saturated heterocycles. The Morgan fingerprint density at radius 3 is 2.65 bits per heavy atom. The van der Waals surface area contributed by atoms with E-state index >= 15 is 0 Å². The highest BCUT2D eigenvalue weighted by Gasteiger charge is 2.09. The average molecular weight is 287 g/mol. The Kier molecular flexibility index (Phi) is 4.15.